The third kappa shape index (κ3) is 5.75. The quantitative estimate of drug-likeness (QED) is 0.430. The number of nitrogens with zero attached hydrogens (tertiary/aromatic N) is 1. The fraction of sp³-hybridized carbons (Fsp3) is 0.500. The van der Waals surface area contributed by atoms with Crippen LogP contribution in [0.1, 0.15) is 25.3 Å². The van der Waals surface area contributed by atoms with Gasteiger partial charge in [-0.2, -0.15) is 0 Å². The number of nitrogens with one attached hydrogen (secondary N) is 1. The molecule has 1 saturated carbocycles. The van der Waals surface area contributed by atoms with Gasteiger partial charge < -0.3 is 10.1 Å². The zero-order chi connectivity index (χ0) is 20.1. The molecule has 27 heavy (non-hydrogen) atoms. The average Bonchev–Trinajstić information content (AvgIpc) is 2.82. The lowest BCUT2D eigenvalue weighted by Crippen LogP contribution is -2.28. The number of nitro groups is 1. The number of aryl methyl sites for hydroxylation is 1. The molecule has 1 aromatic rings. The van der Waals surface area contributed by atoms with Gasteiger partial charge in [0.1, 0.15) is 5.78 Å². The molecule has 9 heteroatoms. The van der Waals surface area contributed by atoms with Gasteiger partial charge in [-0.25, -0.2) is 0 Å². The van der Waals surface area contributed by atoms with Crippen molar-refractivity contribution in [1.82, 2.24) is 0 Å². The smallest absolute Gasteiger partial charge is 0.307 e. The first kappa shape index (κ1) is 20.8. The molecule has 0 aromatic heterocycles. The predicted octanol–water partition coefficient (Wildman–Crippen LogP) is 2.64. The maximum Gasteiger partial charge on any atom is 0.307 e. The number of amides is 1. The topological polar surface area (TPSA) is 116 Å². The molecule has 8 nitrogen and oxygen atoms in total. The Labute approximate surface area is 161 Å². The molecule has 0 bridgehead atoms. The molecule has 0 spiro atoms. The van der Waals surface area contributed by atoms with Crippen molar-refractivity contribution in [3.63, 3.8) is 0 Å². The van der Waals surface area contributed by atoms with Crippen LogP contribution in [0.15, 0.2) is 18.2 Å². The Morgan fingerprint density at radius 1 is 1.41 bits per heavy atom. The molecular weight excluding hydrogens is 376 g/mol. The molecule has 2 rings (SSSR count). The van der Waals surface area contributed by atoms with Crippen molar-refractivity contribution in [1.29, 1.82) is 0 Å². The highest BCUT2D eigenvalue weighted by Gasteiger charge is 2.44. The van der Waals surface area contributed by atoms with Crippen LogP contribution in [0.5, 0.6) is 0 Å². The van der Waals surface area contributed by atoms with Crippen molar-refractivity contribution >= 4 is 34.9 Å². The lowest BCUT2D eigenvalue weighted by Gasteiger charge is -2.17. The zero-order valence-electron chi connectivity index (χ0n) is 15.1. The Balaban J connectivity index is 1.86. The number of Topliss-reactive ketones (excluding diaryl/α,β-unsaturated/α-hetero) is 1. The maximum atomic E-state index is 12.0. The fourth-order valence-electron chi connectivity index (χ4n) is 3.29. The van der Waals surface area contributed by atoms with Crippen LogP contribution in [0.4, 0.5) is 5.69 Å². The molecule has 146 valence electrons. The minimum absolute atomic E-state index is 0.160. The Kier molecular flexibility index (Phi) is 6.90. The summed E-state index contributed by atoms with van der Waals surface area (Å²) in [6, 6.07) is 5.10. The van der Waals surface area contributed by atoms with Gasteiger partial charge in [0.15, 0.2) is 6.61 Å². The molecule has 1 amide bonds. The first-order valence-corrected chi connectivity index (χ1v) is 8.91. The summed E-state index contributed by atoms with van der Waals surface area (Å²) in [7, 11) is 0. The van der Waals surface area contributed by atoms with E-state index in [9.17, 15) is 24.5 Å². The third-order valence-corrected chi connectivity index (χ3v) is 5.01. The van der Waals surface area contributed by atoms with Crippen LogP contribution in [0.3, 0.4) is 0 Å². The van der Waals surface area contributed by atoms with Gasteiger partial charge in [-0.05, 0) is 30.5 Å². The van der Waals surface area contributed by atoms with Crippen LogP contribution >= 0.6 is 11.6 Å². The minimum Gasteiger partial charge on any atom is -0.456 e. The summed E-state index contributed by atoms with van der Waals surface area (Å²) >= 11 is 6.02. The van der Waals surface area contributed by atoms with Crippen molar-refractivity contribution in [2.24, 2.45) is 17.8 Å². The highest BCUT2D eigenvalue weighted by molar-refractivity contribution is 6.33. The Bertz CT molecular complexity index is 766. The molecule has 0 unspecified atom stereocenters. The molecule has 1 aliphatic rings. The van der Waals surface area contributed by atoms with Gasteiger partial charge in [0, 0.05) is 23.2 Å². The number of benzene rings is 1. The van der Waals surface area contributed by atoms with Gasteiger partial charge in [0.2, 0.25) is 6.54 Å². The van der Waals surface area contributed by atoms with Gasteiger partial charge in [-0.1, -0.05) is 24.6 Å². The molecular formula is C18H21ClN2O6. The summed E-state index contributed by atoms with van der Waals surface area (Å²) in [6.07, 6.45) is -0.0525. The van der Waals surface area contributed by atoms with Crippen LogP contribution < -0.4 is 5.32 Å². The molecule has 1 aromatic carbocycles. The Morgan fingerprint density at radius 2 is 2.11 bits per heavy atom. The van der Waals surface area contributed by atoms with E-state index in [1.54, 1.807) is 25.1 Å². The van der Waals surface area contributed by atoms with Crippen LogP contribution in [0, 0.1) is 34.8 Å². The second-order valence-electron chi connectivity index (χ2n) is 6.83. The molecule has 0 aliphatic heterocycles. The van der Waals surface area contributed by atoms with E-state index in [0.29, 0.717) is 10.7 Å². The van der Waals surface area contributed by atoms with E-state index in [0.717, 1.165) is 5.56 Å². The van der Waals surface area contributed by atoms with Gasteiger partial charge in [-0.15, -0.1) is 0 Å². The number of carbonyl (C=O) groups excluding carboxylic acids is 3. The van der Waals surface area contributed by atoms with Crippen molar-refractivity contribution in [2.75, 3.05) is 18.5 Å². The maximum absolute atomic E-state index is 12.0. The highest BCUT2D eigenvalue weighted by atomic mass is 35.5. The molecule has 1 N–H and O–H groups in total. The van der Waals surface area contributed by atoms with Crippen LogP contribution in [-0.4, -0.2) is 35.7 Å². The third-order valence-electron chi connectivity index (χ3n) is 4.69. The van der Waals surface area contributed by atoms with E-state index in [1.807, 2.05) is 6.92 Å². The summed E-state index contributed by atoms with van der Waals surface area (Å²) in [5, 5.41) is 13.7. The summed E-state index contributed by atoms with van der Waals surface area (Å²) in [5.41, 5.74) is 1.33. The summed E-state index contributed by atoms with van der Waals surface area (Å²) in [4.78, 5) is 46.3. The van der Waals surface area contributed by atoms with Crippen LogP contribution in [0.25, 0.3) is 0 Å². The first-order chi connectivity index (χ1) is 12.7. The Morgan fingerprint density at radius 3 is 2.74 bits per heavy atom. The number of ketones is 1. The van der Waals surface area contributed by atoms with Gasteiger partial charge in [0.05, 0.1) is 17.1 Å². The standard InChI is InChI=1S/C18H21ClN2O6/c1-10-3-4-15(14(19)5-10)20-17(23)9-27-18(24)7-12-13(8-21(25)26)11(2)6-16(12)22/h3-5,11-13H,6-9H2,1-2H3,(H,20,23)/t11-,12-,13-/m1/s1. The molecule has 0 heterocycles. The molecule has 1 aliphatic carbocycles. The fourth-order valence-corrected chi connectivity index (χ4v) is 3.57. The lowest BCUT2D eigenvalue weighted by molar-refractivity contribution is -0.490. The monoisotopic (exact) mass is 396 g/mol. The first-order valence-electron chi connectivity index (χ1n) is 8.53. The van der Waals surface area contributed by atoms with Gasteiger partial charge in [0.25, 0.3) is 5.91 Å². The van der Waals surface area contributed by atoms with Crippen LogP contribution in [-0.2, 0) is 19.1 Å². The van der Waals surface area contributed by atoms with E-state index in [4.69, 9.17) is 16.3 Å². The number of halogens is 1. The largest absolute Gasteiger partial charge is 0.456 e. The van der Waals surface area contributed by atoms with Crippen molar-refractivity contribution < 1.29 is 24.0 Å². The zero-order valence-corrected chi connectivity index (χ0v) is 15.8. The van der Waals surface area contributed by atoms with E-state index in [1.165, 1.54) is 0 Å². The number of hydrogen-bond donors (Lipinski definition) is 1. The van der Waals surface area contributed by atoms with Gasteiger partial charge >= 0.3 is 5.97 Å². The number of rotatable bonds is 7. The second-order valence-corrected chi connectivity index (χ2v) is 7.24. The molecule has 0 saturated heterocycles. The number of anilines is 1. The Hall–Kier alpha value is -2.48. The summed E-state index contributed by atoms with van der Waals surface area (Å²) in [6.45, 7) is 2.73. The predicted molar refractivity (Wildman–Crippen MR) is 98.0 cm³/mol. The van der Waals surface area contributed by atoms with Crippen LogP contribution in [0.2, 0.25) is 5.02 Å². The average molecular weight is 397 g/mol. The van der Waals surface area contributed by atoms with E-state index in [-0.39, 0.29) is 31.1 Å². The summed E-state index contributed by atoms with van der Waals surface area (Å²) in [5.74, 6) is -2.88. The number of carbonyl (C=O) groups is 3. The van der Waals surface area contributed by atoms with Crippen molar-refractivity contribution in [2.45, 2.75) is 26.7 Å². The number of esters is 1. The number of hydrogen-bond acceptors (Lipinski definition) is 6. The molecule has 3 atom stereocenters. The van der Waals surface area contributed by atoms with Gasteiger partial charge in [-0.3, -0.25) is 24.5 Å². The van der Waals surface area contributed by atoms with E-state index >= 15 is 0 Å². The molecule has 1 fully saturated rings. The molecule has 0 radical (unpaired) electrons. The number of ether oxygens (including phenoxy) is 1. The van der Waals surface area contributed by atoms with Crippen molar-refractivity contribution in [3.05, 3.63) is 38.9 Å². The van der Waals surface area contributed by atoms with E-state index in [2.05, 4.69) is 5.32 Å². The lowest BCUT2D eigenvalue weighted by atomic mass is 9.88. The second kappa shape index (κ2) is 8.94. The minimum atomic E-state index is -0.743. The van der Waals surface area contributed by atoms with Crippen molar-refractivity contribution in [3.8, 4) is 0 Å². The normalized spacial score (nSPS) is 21.7. The SMILES string of the molecule is Cc1ccc(NC(=O)COC(=O)C[C@H]2C(=O)C[C@@H](C)[C@H]2C[N+](=O)[O-])c(Cl)c1. The van der Waals surface area contributed by atoms with E-state index < -0.39 is 35.2 Å². The highest BCUT2D eigenvalue weighted by Crippen LogP contribution is 2.36. The summed E-state index contributed by atoms with van der Waals surface area (Å²) < 4.78 is 4.92.